The second-order valence-corrected chi connectivity index (χ2v) is 3.35. The Morgan fingerprint density at radius 1 is 0.933 bits per heavy atom. The van der Waals surface area contributed by atoms with Crippen molar-refractivity contribution in [3.63, 3.8) is 0 Å². The summed E-state index contributed by atoms with van der Waals surface area (Å²) in [5.74, 6) is 0.275. The van der Waals surface area contributed by atoms with Crippen LogP contribution in [0.1, 0.15) is 0 Å². The molecule has 2 heteroatoms. The first-order valence-corrected chi connectivity index (χ1v) is 4.87. The van der Waals surface area contributed by atoms with E-state index in [1.54, 1.807) is 13.1 Å². The third-order valence-electron chi connectivity index (χ3n) is 2.37. The first-order valence-electron chi connectivity index (χ1n) is 4.87. The van der Waals surface area contributed by atoms with Gasteiger partial charge < -0.3 is 10.4 Å². The minimum atomic E-state index is 0.275. The van der Waals surface area contributed by atoms with E-state index in [1.807, 2.05) is 42.5 Å². The third kappa shape index (κ3) is 1.94. The van der Waals surface area contributed by atoms with Gasteiger partial charge in [-0.1, -0.05) is 36.4 Å². The average Bonchev–Trinajstić information content (AvgIpc) is 2.31. The maximum Gasteiger partial charge on any atom is 0.138 e. The summed E-state index contributed by atoms with van der Waals surface area (Å²) in [5, 5.41) is 12.5. The van der Waals surface area contributed by atoms with E-state index in [9.17, 15) is 5.11 Å². The molecule has 2 nitrogen and oxygen atoms in total. The highest BCUT2D eigenvalue weighted by Gasteiger charge is 2.01. The molecule has 0 atom stereocenters. The van der Waals surface area contributed by atoms with Crippen LogP contribution in [0.25, 0.3) is 11.1 Å². The maximum atomic E-state index is 9.52. The quantitative estimate of drug-likeness (QED) is 0.728. The van der Waals surface area contributed by atoms with E-state index < -0.39 is 0 Å². The van der Waals surface area contributed by atoms with Crippen LogP contribution in [0.4, 0.5) is 5.69 Å². The number of anilines is 1. The van der Waals surface area contributed by atoms with Crippen LogP contribution in [-0.4, -0.2) is 12.2 Å². The Balaban J connectivity index is 2.46. The summed E-state index contributed by atoms with van der Waals surface area (Å²) in [5.41, 5.74) is 2.99. The number of hydrogen-bond donors (Lipinski definition) is 2. The van der Waals surface area contributed by atoms with E-state index in [4.69, 9.17) is 0 Å². The molecule has 0 bridgehead atoms. The summed E-state index contributed by atoms with van der Waals surface area (Å²) in [7, 11) is 1.80. The van der Waals surface area contributed by atoms with E-state index in [-0.39, 0.29) is 5.75 Å². The van der Waals surface area contributed by atoms with Gasteiger partial charge in [-0.3, -0.25) is 0 Å². The van der Waals surface area contributed by atoms with E-state index in [1.165, 1.54) is 0 Å². The lowest BCUT2D eigenvalue weighted by molar-refractivity contribution is 0.477. The molecule has 2 aromatic carbocycles. The van der Waals surface area contributed by atoms with Crippen LogP contribution in [0.2, 0.25) is 0 Å². The van der Waals surface area contributed by atoms with Crippen LogP contribution in [0.3, 0.4) is 0 Å². The van der Waals surface area contributed by atoms with Crippen molar-refractivity contribution in [2.75, 3.05) is 12.4 Å². The first-order chi connectivity index (χ1) is 7.31. The normalized spacial score (nSPS) is 9.93. The van der Waals surface area contributed by atoms with Gasteiger partial charge in [0.25, 0.3) is 0 Å². The molecule has 0 radical (unpaired) electrons. The summed E-state index contributed by atoms with van der Waals surface area (Å²) in [6.45, 7) is 0. The number of aromatic hydroxyl groups is 1. The van der Waals surface area contributed by atoms with Crippen molar-refractivity contribution in [1.82, 2.24) is 0 Å². The van der Waals surface area contributed by atoms with Crippen molar-refractivity contribution in [2.24, 2.45) is 0 Å². The van der Waals surface area contributed by atoms with Crippen molar-refractivity contribution in [3.05, 3.63) is 48.5 Å². The molecule has 2 aromatic rings. The van der Waals surface area contributed by atoms with Crippen LogP contribution in [0.15, 0.2) is 48.5 Å². The molecule has 0 unspecified atom stereocenters. The number of phenolic OH excluding ortho intramolecular Hbond substituents is 1. The van der Waals surface area contributed by atoms with Crippen molar-refractivity contribution < 1.29 is 5.11 Å². The Morgan fingerprint density at radius 3 is 2.33 bits per heavy atom. The van der Waals surface area contributed by atoms with Crippen LogP contribution >= 0.6 is 0 Å². The number of nitrogens with one attached hydrogen (secondary N) is 1. The molecule has 15 heavy (non-hydrogen) atoms. The summed E-state index contributed by atoms with van der Waals surface area (Å²) in [4.78, 5) is 0. The maximum absolute atomic E-state index is 9.52. The highest BCUT2D eigenvalue weighted by molar-refractivity contribution is 5.71. The predicted octanol–water partition coefficient (Wildman–Crippen LogP) is 3.10. The van der Waals surface area contributed by atoms with Gasteiger partial charge in [-0.25, -0.2) is 0 Å². The van der Waals surface area contributed by atoms with Gasteiger partial charge in [0.1, 0.15) is 5.75 Å². The fourth-order valence-electron chi connectivity index (χ4n) is 1.55. The largest absolute Gasteiger partial charge is 0.506 e. The van der Waals surface area contributed by atoms with E-state index >= 15 is 0 Å². The molecular formula is C13H13NO. The van der Waals surface area contributed by atoms with Crippen LogP contribution in [0, 0.1) is 0 Å². The van der Waals surface area contributed by atoms with Crippen LogP contribution < -0.4 is 5.32 Å². The summed E-state index contributed by atoms with van der Waals surface area (Å²) < 4.78 is 0. The van der Waals surface area contributed by atoms with E-state index in [0.29, 0.717) is 0 Å². The Morgan fingerprint density at radius 2 is 1.67 bits per heavy atom. The van der Waals surface area contributed by atoms with Crippen molar-refractivity contribution in [2.45, 2.75) is 0 Å². The third-order valence-corrected chi connectivity index (χ3v) is 2.37. The highest BCUT2D eigenvalue weighted by atomic mass is 16.3. The van der Waals surface area contributed by atoms with Gasteiger partial charge in [0.15, 0.2) is 0 Å². The van der Waals surface area contributed by atoms with Gasteiger partial charge in [0.05, 0.1) is 5.69 Å². The molecular weight excluding hydrogens is 186 g/mol. The smallest absolute Gasteiger partial charge is 0.138 e. The molecule has 0 fully saturated rings. The van der Waals surface area contributed by atoms with E-state index in [2.05, 4.69) is 5.32 Å². The molecule has 0 aliphatic heterocycles. The molecule has 0 saturated carbocycles. The molecule has 0 amide bonds. The molecule has 2 N–H and O–H groups in total. The fourth-order valence-corrected chi connectivity index (χ4v) is 1.55. The number of hydrogen-bond acceptors (Lipinski definition) is 2. The lowest BCUT2D eigenvalue weighted by atomic mass is 10.0. The Labute approximate surface area is 89.2 Å². The number of rotatable bonds is 2. The summed E-state index contributed by atoms with van der Waals surface area (Å²) >= 11 is 0. The number of phenols is 1. The van der Waals surface area contributed by atoms with Gasteiger partial charge in [0, 0.05) is 7.05 Å². The Hall–Kier alpha value is -1.96. The Kier molecular flexibility index (Phi) is 2.59. The van der Waals surface area contributed by atoms with Gasteiger partial charge in [0.2, 0.25) is 0 Å². The summed E-state index contributed by atoms with van der Waals surface area (Å²) in [6.07, 6.45) is 0. The fraction of sp³-hybridized carbons (Fsp3) is 0.0769. The molecule has 0 aliphatic rings. The monoisotopic (exact) mass is 199 g/mol. The standard InChI is InChI=1S/C13H13NO/c1-14-12-9-11(7-8-13(12)15)10-5-3-2-4-6-10/h2-9,14-15H,1H3. The topological polar surface area (TPSA) is 32.3 Å². The molecule has 2 rings (SSSR count). The first kappa shape index (κ1) is 9.59. The van der Waals surface area contributed by atoms with Gasteiger partial charge in [-0.05, 0) is 23.3 Å². The minimum absolute atomic E-state index is 0.275. The van der Waals surface area contributed by atoms with Gasteiger partial charge in [-0.15, -0.1) is 0 Å². The zero-order chi connectivity index (χ0) is 10.7. The predicted molar refractivity (Wildman–Crippen MR) is 63.1 cm³/mol. The second kappa shape index (κ2) is 4.05. The lowest BCUT2D eigenvalue weighted by Gasteiger charge is -2.07. The van der Waals surface area contributed by atoms with Crippen molar-refractivity contribution >= 4 is 5.69 Å². The van der Waals surface area contributed by atoms with E-state index in [0.717, 1.165) is 16.8 Å². The van der Waals surface area contributed by atoms with Crippen LogP contribution in [0.5, 0.6) is 5.75 Å². The SMILES string of the molecule is CNc1cc(-c2ccccc2)ccc1O. The van der Waals surface area contributed by atoms with Gasteiger partial charge in [-0.2, -0.15) is 0 Å². The average molecular weight is 199 g/mol. The second-order valence-electron chi connectivity index (χ2n) is 3.35. The molecule has 0 aliphatic carbocycles. The molecule has 0 aromatic heterocycles. The minimum Gasteiger partial charge on any atom is -0.506 e. The zero-order valence-electron chi connectivity index (χ0n) is 8.57. The molecule has 76 valence electrons. The molecule has 0 saturated heterocycles. The summed E-state index contributed by atoms with van der Waals surface area (Å²) in [6, 6.07) is 15.6. The molecule has 0 spiro atoms. The Bertz CT molecular complexity index is 451. The van der Waals surface area contributed by atoms with Crippen LogP contribution in [-0.2, 0) is 0 Å². The van der Waals surface area contributed by atoms with Crippen molar-refractivity contribution in [1.29, 1.82) is 0 Å². The highest BCUT2D eigenvalue weighted by Crippen LogP contribution is 2.29. The number of benzene rings is 2. The lowest BCUT2D eigenvalue weighted by Crippen LogP contribution is -1.89. The van der Waals surface area contributed by atoms with Crippen molar-refractivity contribution in [3.8, 4) is 16.9 Å². The van der Waals surface area contributed by atoms with Gasteiger partial charge >= 0.3 is 0 Å². The molecule has 0 heterocycles. The zero-order valence-corrected chi connectivity index (χ0v) is 8.57.